The lowest BCUT2D eigenvalue weighted by atomic mass is 10.2. The monoisotopic (exact) mass is 510 g/mol. The number of aryl methyl sites for hydroxylation is 1. The second-order valence-corrected chi connectivity index (χ2v) is 7.74. The summed E-state index contributed by atoms with van der Waals surface area (Å²) >= 11 is 12.1. The zero-order valence-electron chi connectivity index (χ0n) is 14.6. The number of ether oxygens (including phenoxy) is 2. The van der Waals surface area contributed by atoms with Gasteiger partial charge in [-0.3, -0.25) is 5.10 Å². The van der Waals surface area contributed by atoms with Crippen LogP contribution in [0.2, 0.25) is 0 Å². The van der Waals surface area contributed by atoms with Gasteiger partial charge in [0, 0.05) is 4.47 Å². The molecule has 0 radical (unpaired) electrons. The second kappa shape index (κ2) is 8.81. The highest BCUT2D eigenvalue weighted by molar-refractivity contribution is 9.10. The van der Waals surface area contributed by atoms with Crippen LogP contribution in [0, 0.1) is 11.7 Å². The molecular formula is C18H16Br2N4O2S. The fourth-order valence-corrected chi connectivity index (χ4v) is 3.38. The quantitative estimate of drug-likeness (QED) is 0.363. The highest BCUT2D eigenvalue weighted by Crippen LogP contribution is 2.37. The van der Waals surface area contributed by atoms with E-state index in [1.807, 2.05) is 43.3 Å². The number of hydrogen-bond donors (Lipinski definition) is 1. The lowest BCUT2D eigenvalue weighted by molar-refractivity contribution is 0.282. The lowest BCUT2D eigenvalue weighted by Crippen LogP contribution is -2.00. The minimum atomic E-state index is 0.430. The number of nitrogens with zero attached hydrogens (tertiary/aromatic N) is 3. The Morgan fingerprint density at radius 3 is 2.63 bits per heavy atom. The number of H-pyrrole nitrogens is 1. The molecule has 0 spiro atoms. The van der Waals surface area contributed by atoms with Gasteiger partial charge in [0.1, 0.15) is 12.4 Å². The summed E-state index contributed by atoms with van der Waals surface area (Å²) in [5, 5.41) is 11.1. The van der Waals surface area contributed by atoms with Crippen molar-refractivity contribution in [2.45, 2.75) is 13.5 Å². The highest BCUT2D eigenvalue weighted by Gasteiger charge is 2.12. The maximum Gasteiger partial charge on any atom is 0.216 e. The first-order chi connectivity index (χ1) is 13.0. The molecule has 0 aliphatic rings. The summed E-state index contributed by atoms with van der Waals surface area (Å²) < 4.78 is 15.2. The van der Waals surface area contributed by atoms with Crippen LogP contribution in [0.25, 0.3) is 0 Å². The molecule has 27 heavy (non-hydrogen) atoms. The number of aromatic amines is 1. The van der Waals surface area contributed by atoms with E-state index in [2.05, 4.69) is 47.2 Å². The minimum absolute atomic E-state index is 0.430. The van der Waals surface area contributed by atoms with Crippen LogP contribution < -0.4 is 9.47 Å². The van der Waals surface area contributed by atoms with Gasteiger partial charge in [-0.05, 0) is 70.5 Å². The maximum absolute atomic E-state index is 5.96. The molecule has 1 heterocycles. The zero-order valence-corrected chi connectivity index (χ0v) is 18.6. The number of benzene rings is 2. The van der Waals surface area contributed by atoms with E-state index < -0.39 is 0 Å². The summed E-state index contributed by atoms with van der Waals surface area (Å²) in [6.45, 7) is 2.25. The van der Waals surface area contributed by atoms with Gasteiger partial charge in [0.2, 0.25) is 4.77 Å². The molecule has 1 aromatic heterocycles. The molecule has 0 amide bonds. The molecule has 0 unspecified atom stereocenters. The molecule has 0 saturated carbocycles. The van der Waals surface area contributed by atoms with E-state index in [0.717, 1.165) is 20.1 Å². The third-order valence-electron chi connectivity index (χ3n) is 3.68. The van der Waals surface area contributed by atoms with Gasteiger partial charge in [0.05, 0.1) is 17.8 Å². The SMILES string of the molecule is COc1cc(/C=N\n2c(C)n[nH]c2=S)cc(Br)c1OCc1ccc(Br)cc1. The zero-order chi connectivity index (χ0) is 19.4. The second-order valence-electron chi connectivity index (χ2n) is 5.58. The molecule has 0 saturated heterocycles. The molecule has 0 atom stereocenters. The number of halogens is 2. The molecule has 3 aromatic rings. The Labute approximate surface area is 178 Å². The fourth-order valence-electron chi connectivity index (χ4n) is 2.32. The van der Waals surface area contributed by atoms with Crippen LogP contribution in [-0.2, 0) is 6.61 Å². The Balaban J connectivity index is 1.82. The van der Waals surface area contributed by atoms with Gasteiger partial charge in [-0.1, -0.05) is 28.1 Å². The summed E-state index contributed by atoms with van der Waals surface area (Å²) in [6.07, 6.45) is 1.68. The molecule has 9 heteroatoms. The fraction of sp³-hybridized carbons (Fsp3) is 0.167. The smallest absolute Gasteiger partial charge is 0.216 e. The van der Waals surface area contributed by atoms with Crippen molar-refractivity contribution in [3.63, 3.8) is 0 Å². The van der Waals surface area contributed by atoms with Crippen molar-refractivity contribution in [1.29, 1.82) is 0 Å². The summed E-state index contributed by atoms with van der Waals surface area (Å²) in [4.78, 5) is 0. The van der Waals surface area contributed by atoms with Crippen molar-refractivity contribution >= 4 is 50.3 Å². The lowest BCUT2D eigenvalue weighted by Gasteiger charge is -2.13. The molecule has 0 aliphatic carbocycles. The molecular weight excluding hydrogens is 496 g/mol. The van der Waals surface area contributed by atoms with Gasteiger partial charge < -0.3 is 9.47 Å². The first-order valence-electron chi connectivity index (χ1n) is 7.91. The van der Waals surface area contributed by atoms with E-state index in [4.69, 9.17) is 21.7 Å². The van der Waals surface area contributed by atoms with Gasteiger partial charge >= 0.3 is 0 Å². The summed E-state index contributed by atoms with van der Waals surface area (Å²) in [7, 11) is 1.60. The van der Waals surface area contributed by atoms with Crippen LogP contribution in [0.5, 0.6) is 11.5 Å². The van der Waals surface area contributed by atoms with Crippen molar-refractivity contribution in [1.82, 2.24) is 14.9 Å². The topological polar surface area (TPSA) is 64.4 Å². The van der Waals surface area contributed by atoms with Crippen LogP contribution in [0.1, 0.15) is 17.0 Å². The Hall–Kier alpha value is -1.97. The highest BCUT2D eigenvalue weighted by atomic mass is 79.9. The Morgan fingerprint density at radius 1 is 1.26 bits per heavy atom. The molecule has 6 nitrogen and oxygen atoms in total. The van der Waals surface area contributed by atoms with Crippen molar-refractivity contribution in [2.24, 2.45) is 5.10 Å². The number of rotatable bonds is 6. The Bertz CT molecular complexity index is 1030. The van der Waals surface area contributed by atoms with Crippen LogP contribution >= 0.6 is 44.1 Å². The van der Waals surface area contributed by atoms with Gasteiger partial charge in [0.25, 0.3) is 0 Å². The predicted molar refractivity (Wildman–Crippen MR) is 114 cm³/mol. The largest absolute Gasteiger partial charge is 0.493 e. The summed E-state index contributed by atoms with van der Waals surface area (Å²) in [5.74, 6) is 1.92. The predicted octanol–water partition coefficient (Wildman–Crippen LogP) is 5.24. The van der Waals surface area contributed by atoms with E-state index in [-0.39, 0.29) is 0 Å². The third-order valence-corrected chi connectivity index (χ3v) is 5.06. The first-order valence-corrected chi connectivity index (χ1v) is 9.90. The molecule has 0 aliphatic heterocycles. The van der Waals surface area contributed by atoms with Crippen LogP contribution in [0.4, 0.5) is 0 Å². The van der Waals surface area contributed by atoms with Crippen molar-refractivity contribution in [2.75, 3.05) is 7.11 Å². The number of nitrogens with one attached hydrogen (secondary N) is 1. The molecule has 3 rings (SSSR count). The normalized spacial score (nSPS) is 11.1. The molecule has 0 bridgehead atoms. The van der Waals surface area contributed by atoms with Crippen molar-refractivity contribution in [3.8, 4) is 11.5 Å². The van der Waals surface area contributed by atoms with E-state index in [1.54, 1.807) is 18.0 Å². The number of aromatic nitrogens is 3. The average Bonchev–Trinajstić information content (AvgIpc) is 2.98. The minimum Gasteiger partial charge on any atom is -0.493 e. The van der Waals surface area contributed by atoms with Crippen LogP contribution in [-0.4, -0.2) is 28.2 Å². The standard InChI is InChI=1S/C18H16Br2N4O2S/c1-11-22-23-18(27)24(11)21-9-13-7-15(20)17(16(8-13)25-2)26-10-12-3-5-14(19)6-4-12/h3-9H,10H2,1-2H3,(H,23,27)/b21-9-. The van der Waals surface area contributed by atoms with Crippen LogP contribution in [0.15, 0.2) is 50.4 Å². The Morgan fingerprint density at radius 2 is 2.00 bits per heavy atom. The van der Waals surface area contributed by atoms with Gasteiger partial charge in [-0.25, -0.2) is 0 Å². The van der Waals surface area contributed by atoms with Crippen molar-refractivity contribution in [3.05, 3.63) is 67.1 Å². The molecule has 1 N–H and O–H groups in total. The van der Waals surface area contributed by atoms with E-state index >= 15 is 0 Å². The Kier molecular flexibility index (Phi) is 6.46. The van der Waals surface area contributed by atoms with Gasteiger partial charge in [-0.2, -0.15) is 14.9 Å². The van der Waals surface area contributed by atoms with Gasteiger partial charge in [-0.15, -0.1) is 0 Å². The van der Waals surface area contributed by atoms with Crippen LogP contribution in [0.3, 0.4) is 0 Å². The first kappa shape index (κ1) is 19.8. The molecule has 0 fully saturated rings. The third kappa shape index (κ3) is 4.85. The molecule has 2 aromatic carbocycles. The van der Waals surface area contributed by atoms with E-state index in [0.29, 0.717) is 28.7 Å². The molecule has 140 valence electrons. The summed E-state index contributed by atoms with van der Waals surface area (Å²) in [5.41, 5.74) is 1.89. The van der Waals surface area contributed by atoms with Crippen molar-refractivity contribution < 1.29 is 9.47 Å². The number of hydrogen-bond acceptors (Lipinski definition) is 5. The maximum atomic E-state index is 5.96. The van der Waals surface area contributed by atoms with Gasteiger partial charge in [0.15, 0.2) is 11.5 Å². The summed E-state index contributed by atoms with van der Waals surface area (Å²) in [6, 6.07) is 11.7. The number of methoxy groups -OCH3 is 1. The van der Waals surface area contributed by atoms with E-state index in [1.165, 1.54) is 0 Å². The average molecular weight is 512 g/mol. The van der Waals surface area contributed by atoms with E-state index in [9.17, 15) is 0 Å².